The Kier molecular flexibility index (Phi) is 4.75. The molecule has 1 nitrogen and oxygen atoms in total. The molecule has 0 fully saturated rings. The number of benzene rings is 2. The topological polar surface area (TPSA) is 9.23 Å². The predicted molar refractivity (Wildman–Crippen MR) is 95.5 cm³/mol. The molecule has 0 aliphatic carbocycles. The lowest BCUT2D eigenvalue weighted by molar-refractivity contribution is 0.349. The fraction of sp³-hybridized carbons (Fsp3) is 0.150. The van der Waals surface area contributed by atoms with Crippen LogP contribution in [0.25, 0.3) is 16.8 Å². The van der Waals surface area contributed by atoms with Gasteiger partial charge in [-0.15, -0.1) is 5.73 Å². The summed E-state index contributed by atoms with van der Waals surface area (Å²) in [4.78, 5) is 0. The van der Waals surface area contributed by atoms with Gasteiger partial charge >= 0.3 is 0 Å². The first-order valence-corrected chi connectivity index (χ1v) is 8.37. The van der Waals surface area contributed by atoms with Crippen molar-refractivity contribution in [2.45, 2.75) is 13.3 Å². The van der Waals surface area contributed by atoms with Crippen LogP contribution in [-0.2, 0) is 0 Å². The van der Waals surface area contributed by atoms with E-state index in [4.69, 9.17) is 4.74 Å². The van der Waals surface area contributed by atoms with Crippen LogP contribution in [0, 0.1) is 0 Å². The monoisotopic (exact) mass is 306 g/mol. The van der Waals surface area contributed by atoms with Crippen molar-refractivity contribution in [3.05, 3.63) is 76.2 Å². The van der Waals surface area contributed by atoms with E-state index < -0.39 is 0 Å². The van der Waals surface area contributed by atoms with E-state index in [1.54, 1.807) is 11.3 Å². The highest BCUT2D eigenvalue weighted by Crippen LogP contribution is 2.21. The SMILES string of the molecule is CCC(=C=Cc1ccsc1)COc1ccc2ccccc2c1. The second-order valence-corrected chi connectivity index (χ2v) is 5.88. The molecule has 0 saturated carbocycles. The number of rotatable bonds is 5. The Balaban J connectivity index is 1.73. The minimum Gasteiger partial charge on any atom is -0.489 e. The molecule has 3 aromatic rings. The van der Waals surface area contributed by atoms with E-state index in [2.05, 4.69) is 59.8 Å². The minimum atomic E-state index is 0.579. The van der Waals surface area contributed by atoms with Crippen LogP contribution in [0.15, 0.2) is 70.6 Å². The molecule has 0 unspecified atom stereocenters. The third-order valence-electron chi connectivity index (χ3n) is 3.55. The fourth-order valence-electron chi connectivity index (χ4n) is 2.22. The maximum atomic E-state index is 5.92. The molecule has 3 rings (SSSR count). The largest absolute Gasteiger partial charge is 0.489 e. The van der Waals surface area contributed by atoms with Crippen molar-refractivity contribution < 1.29 is 4.74 Å². The van der Waals surface area contributed by atoms with Crippen molar-refractivity contribution in [1.82, 2.24) is 0 Å². The average Bonchev–Trinajstić information content (AvgIpc) is 3.08. The maximum absolute atomic E-state index is 5.92. The third kappa shape index (κ3) is 3.67. The summed E-state index contributed by atoms with van der Waals surface area (Å²) in [6.45, 7) is 2.71. The number of hydrogen-bond donors (Lipinski definition) is 0. The Labute approximate surface area is 135 Å². The van der Waals surface area contributed by atoms with Gasteiger partial charge in [0.05, 0.1) is 0 Å². The molecule has 0 aliphatic rings. The van der Waals surface area contributed by atoms with E-state index in [9.17, 15) is 0 Å². The molecule has 1 aromatic heterocycles. The number of thiophene rings is 1. The van der Waals surface area contributed by atoms with Gasteiger partial charge in [-0.25, -0.2) is 0 Å². The lowest BCUT2D eigenvalue weighted by Crippen LogP contribution is -1.99. The molecule has 110 valence electrons. The van der Waals surface area contributed by atoms with E-state index in [0.29, 0.717) is 6.61 Å². The summed E-state index contributed by atoms with van der Waals surface area (Å²) >= 11 is 1.70. The van der Waals surface area contributed by atoms with Crippen molar-refractivity contribution in [3.8, 4) is 5.75 Å². The predicted octanol–water partition coefficient (Wildman–Crippen LogP) is 5.93. The van der Waals surface area contributed by atoms with E-state index in [0.717, 1.165) is 12.2 Å². The Morgan fingerprint density at radius 2 is 2.00 bits per heavy atom. The van der Waals surface area contributed by atoms with E-state index >= 15 is 0 Å². The van der Waals surface area contributed by atoms with Gasteiger partial charge in [0.1, 0.15) is 12.4 Å². The van der Waals surface area contributed by atoms with Gasteiger partial charge in [0.25, 0.3) is 0 Å². The minimum absolute atomic E-state index is 0.579. The number of hydrogen-bond acceptors (Lipinski definition) is 2. The Bertz CT molecular complexity index is 809. The highest BCUT2D eigenvalue weighted by atomic mass is 32.1. The molecule has 0 atom stereocenters. The number of ether oxygens (including phenoxy) is 1. The van der Waals surface area contributed by atoms with Gasteiger partial charge in [0.2, 0.25) is 0 Å². The maximum Gasteiger partial charge on any atom is 0.120 e. The normalized spacial score (nSPS) is 10.2. The van der Waals surface area contributed by atoms with Crippen LogP contribution >= 0.6 is 11.3 Å². The number of fused-ring (bicyclic) bond motifs is 1. The lowest BCUT2D eigenvalue weighted by Gasteiger charge is -2.08. The van der Waals surface area contributed by atoms with E-state index in [-0.39, 0.29) is 0 Å². The molecule has 0 spiro atoms. The van der Waals surface area contributed by atoms with E-state index in [1.165, 1.54) is 21.9 Å². The molecule has 22 heavy (non-hydrogen) atoms. The zero-order valence-electron chi connectivity index (χ0n) is 12.6. The highest BCUT2D eigenvalue weighted by molar-refractivity contribution is 7.08. The van der Waals surface area contributed by atoms with Gasteiger partial charge in [-0.1, -0.05) is 37.3 Å². The molecule has 2 aromatic carbocycles. The third-order valence-corrected chi connectivity index (χ3v) is 4.25. The van der Waals surface area contributed by atoms with Crippen LogP contribution in [0.3, 0.4) is 0 Å². The molecule has 0 N–H and O–H groups in total. The average molecular weight is 306 g/mol. The molecule has 0 amide bonds. The first-order valence-electron chi connectivity index (χ1n) is 7.43. The standard InChI is InChI=1S/C20H18OS/c1-2-16(7-8-17-11-12-22-15-17)14-21-20-10-9-18-5-3-4-6-19(18)13-20/h3-6,8-13,15H,2,14H2,1H3. The lowest BCUT2D eigenvalue weighted by atomic mass is 10.1. The fourth-order valence-corrected chi connectivity index (χ4v) is 2.83. The van der Waals surface area contributed by atoms with Gasteiger partial charge in [-0.05, 0) is 57.8 Å². The smallest absolute Gasteiger partial charge is 0.120 e. The van der Waals surface area contributed by atoms with Gasteiger partial charge in [-0.2, -0.15) is 11.3 Å². The van der Waals surface area contributed by atoms with E-state index in [1.807, 2.05) is 18.2 Å². The molecule has 0 aliphatic heterocycles. The first-order chi connectivity index (χ1) is 10.8. The zero-order chi connectivity index (χ0) is 15.2. The molecule has 1 heterocycles. The van der Waals surface area contributed by atoms with Crippen LogP contribution < -0.4 is 4.74 Å². The summed E-state index contributed by atoms with van der Waals surface area (Å²) in [5, 5.41) is 6.63. The van der Waals surface area contributed by atoms with Crippen molar-refractivity contribution >= 4 is 28.2 Å². The zero-order valence-corrected chi connectivity index (χ0v) is 13.4. The molecule has 0 radical (unpaired) electrons. The Hall–Kier alpha value is -2.28. The highest BCUT2D eigenvalue weighted by Gasteiger charge is 1.99. The molecule has 0 bridgehead atoms. The summed E-state index contributed by atoms with van der Waals surface area (Å²) in [6.07, 6.45) is 2.97. The van der Waals surface area contributed by atoms with Crippen molar-refractivity contribution in [2.75, 3.05) is 6.61 Å². The first kappa shape index (κ1) is 14.6. The van der Waals surface area contributed by atoms with Gasteiger partial charge in [-0.3, -0.25) is 0 Å². The summed E-state index contributed by atoms with van der Waals surface area (Å²) < 4.78 is 5.92. The van der Waals surface area contributed by atoms with Crippen LogP contribution in [0.4, 0.5) is 0 Å². The molecule has 2 heteroatoms. The Morgan fingerprint density at radius 1 is 1.14 bits per heavy atom. The summed E-state index contributed by atoms with van der Waals surface area (Å²) in [5.41, 5.74) is 5.71. The van der Waals surface area contributed by atoms with Crippen molar-refractivity contribution in [1.29, 1.82) is 0 Å². The summed E-state index contributed by atoms with van der Waals surface area (Å²) in [6, 6.07) is 16.6. The molecular formula is C20H18OS. The quantitative estimate of drug-likeness (QED) is 0.531. The van der Waals surface area contributed by atoms with Crippen LogP contribution in [0.2, 0.25) is 0 Å². The van der Waals surface area contributed by atoms with Crippen molar-refractivity contribution in [2.24, 2.45) is 0 Å². The van der Waals surface area contributed by atoms with Gasteiger partial charge in [0, 0.05) is 5.57 Å². The van der Waals surface area contributed by atoms with Gasteiger partial charge < -0.3 is 4.74 Å². The Morgan fingerprint density at radius 3 is 2.77 bits per heavy atom. The summed E-state index contributed by atoms with van der Waals surface area (Å²) in [7, 11) is 0. The van der Waals surface area contributed by atoms with Gasteiger partial charge in [0.15, 0.2) is 0 Å². The second kappa shape index (κ2) is 7.13. The molecular weight excluding hydrogens is 288 g/mol. The van der Waals surface area contributed by atoms with Crippen LogP contribution in [0.1, 0.15) is 18.9 Å². The van der Waals surface area contributed by atoms with Crippen LogP contribution in [-0.4, -0.2) is 6.61 Å². The molecule has 0 saturated heterocycles. The second-order valence-electron chi connectivity index (χ2n) is 5.10. The summed E-state index contributed by atoms with van der Waals surface area (Å²) in [5.74, 6) is 0.905. The van der Waals surface area contributed by atoms with Crippen molar-refractivity contribution in [3.63, 3.8) is 0 Å². The van der Waals surface area contributed by atoms with Crippen LogP contribution in [0.5, 0.6) is 5.75 Å².